The van der Waals surface area contributed by atoms with Crippen molar-refractivity contribution in [2.45, 2.75) is 56.7 Å². The number of halogens is 4. The number of fused-ring (bicyclic) bond motifs is 3. The first kappa shape index (κ1) is 31.6. The number of carbonyl (C=O) groups excluding carboxylic acids is 1. The van der Waals surface area contributed by atoms with Crippen LogP contribution in [-0.2, 0) is 28.0 Å². The van der Waals surface area contributed by atoms with Crippen molar-refractivity contribution in [2.75, 3.05) is 32.8 Å². The zero-order valence-electron chi connectivity index (χ0n) is 24.0. The van der Waals surface area contributed by atoms with Crippen LogP contribution in [0.2, 0.25) is 15.1 Å². The van der Waals surface area contributed by atoms with E-state index < -0.39 is 5.60 Å². The van der Waals surface area contributed by atoms with Gasteiger partial charge in [0.25, 0.3) is 0 Å². The van der Waals surface area contributed by atoms with Crippen molar-refractivity contribution in [3.63, 3.8) is 0 Å². The number of nitrogens with zero attached hydrogens (tertiary/aromatic N) is 2. The third-order valence-corrected chi connectivity index (χ3v) is 11.1. The summed E-state index contributed by atoms with van der Waals surface area (Å²) in [5, 5.41) is 1.68. The minimum absolute atomic E-state index is 0. The molecule has 4 heterocycles. The number of hydrogen-bond acceptors (Lipinski definition) is 2. The molecule has 4 aliphatic rings. The highest BCUT2D eigenvalue weighted by atomic mass is 35.5. The van der Waals surface area contributed by atoms with Gasteiger partial charge in [-0.3, -0.25) is 4.79 Å². The topological polar surface area (TPSA) is 29.5 Å². The summed E-state index contributed by atoms with van der Waals surface area (Å²) >= 11 is 19.3. The predicted molar refractivity (Wildman–Crippen MR) is 167 cm³/mol. The summed E-state index contributed by atoms with van der Waals surface area (Å²) in [7, 11) is 0. The Hall–Kier alpha value is -1.79. The molecule has 0 aliphatic carbocycles. The highest BCUT2D eigenvalue weighted by Gasteiger charge is 2.59. The highest BCUT2D eigenvalue weighted by molar-refractivity contribution is 6.42. The first-order valence-electron chi connectivity index (χ1n) is 14.8. The van der Waals surface area contributed by atoms with Crippen LogP contribution in [0.5, 0.6) is 0 Å². The van der Waals surface area contributed by atoms with E-state index in [1.165, 1.54) is 24.8 Å². The monoisotopic (exact) mass is 646 g/mol. The molecule has 2 bridgehead atoms. The average molecular weight is 649 g/mol. The molecule has 7 rings (SSSR count). The fourth-order valence-corrected chi connectivity index (χ4v) is 8.40. The third kappa shape index (κ3) is 6.09. The van der Waals surface area contributed by atoms with Crippen molar-refractivity contribution in [3.05, 3.63) is 105 Å². The maximum atomic E-state index is 13.8. The first-order valence-corrected chi connectivity index (χ1v) is 15.9. The molecule has 224 valence electrons. The Labute approximate surface area is 270 Å². The number of piperidine rings is 3. The Morgan fingerprint density at radius 3 is 2.43 bits per heavy atom. The summed E-state index contributed by atoms with van der Waals surface area (Å²) in [5.41, 5.74) is 2.60. The van der Waals surface area contributed by atoms with Crippen molar-refractivity contribution in [1.29, 1.82) is 0 Å². The van der Waals surface area contributed by atoms with Crippen LogP contribution < -0.4 is 12.4 Å². The van der Waals surface area contributed by atoms with Crippen LogP contribution in [0, 0.1) is 5.92 Å². The van der Waals surface area contributed by atoms with Crippen molar-refractivity contribution >= 4 is 40.7 Å². The number of benzene rings is 3. The molecule has 0 saturated carbocycles. The zero-order valence-corrected chi connectivity index (χ0v) is 27.0. The second kappa shape index (κ2) is 13.1. The molecule has 0 radical (unpaired) electrons. The van der Waals surface area contributed by atoms with Gasteiger partial charge in [-0.1, -0.05) is 83.3 Å². The fourth-order valence-electron chi connectivity index (χ4n) is 7.89. The molecule has 4 aliphatic heterocycles. The molecule has 4 nitrogen and oxygen atoms in total. The van der Waals surface area contributed by atoms with E-state index in [1.54, 1.807) is 0 Å². The summed E-state index contributed by atoms with van der Waals surface area (Å²) in [4.78, 5) is 15.7. The van der Waals surface area contributed by atoms with E-state index in [1.807, 2.05) is 41.3 Å². The second-order valence-electron chi connectivity index (χ2n) is 12.2. The molecule has 42 heavy (non-hydrogen) atoms. The molecule has 4 saturated heterocycles. The van der Waals surface area contributed by atoms with Crippen molar-refractivity contribution in [2.24, 2.45) is 5.92 Å². The molecule has 3 unspecified atom stereocenters. The smallest absolute Gasteiger partial charge is 0.227 e. The van der Waals surface area contributed by atoms with Crippen LogP contribution in [-0.4, -0.2) is 60.2 Å². The summed E-state index contributed by atoms with van der Waals surface area (Å²) in [6.07, 6.45) is 5.07. The van der Waals surface area contributed by atoms with Gasteiger partial charge >= 0.3 is 0 Å². The van der Waals surface area contributed by atoms with Gasteiger partial charge in [-0.15, -0.1) is 0 Å². The molecule has 8 heteroatoms. The summed E-state index contributed by atoms with van der Waals surface area (Å²) in [5.74, 6) is 0.880. The fraction of sp³-hybridized carbons (Fsp3) is 0.441. The lowest BCUT2D eigenvalue weighted by Gasteiger charge is -2.62. The summed E-state index contributed by atoms with van der Waals surface area (Å²) < 4.78 is 7.92. The van der Waals surface area contributed by atoms with Gasteiger partial charge in [0.05, 0.1) is 48.7 Å². The molecule has 3 aromatic carbocycles. The van der Waals surface area contributed by atoms with E-state index in [4.69, 9.17) is 39.5 Å². The quantitative estimate of drug-likeness (QED) is 0.352. The molecule has 3 atom stereocenters. The summed E-state index contributed by atoms with van der Waals surface area (Å²) in [6.45, 7) is 6.13. The lowest BCUT2D eigenvalue weighted by Crippen LogP contribution is -3.00. The van der Waals surface area contributed by atoms with E-state index in [-0.39, 0.29) is 24.4 Å². The maximum Gasteiger partial charge on any atom is 0.227 e. The number of amides is 1. The Morgan fingerprint density at radius 2 is 1.71 bits per heavy atom. The third-order valence-electron chi connectivity index (χ3n) is 10.2. The van der Waals surface area contributed by atoms with E-state index in [0.29, 0.717) is 47.2 Å². The van der Waals surface area contributed by atoms with Gasteiger partial charge in [0.1, 0.15) is 6.04 Å². The van der Waals surface area contributed by atoms with Gasteiger partial charge in [-0.25, -0.2) is 0 Å². The van der Waals surface area contributed by atoms with Gasteiger partial charge in [-0.2, -0.15) is 0 Å². The van der Waals surface area contributed by atoms with Gasteiger partial charge in [0.2, 0.25) is 5.91 Å². The minimum Gasteiger partial charge on any atom is -1.00 e. The number of carbonyl (C=O) groups is 1. The Kier molecular flexibility index (Phi) is 9.83. The van der Waals surface area contributed by atoms with Crippen molar-refractivity contribution in [3.8, 4) is 0 Å². The van der Waals surface area contributed by atoms with E-state index in [2.05, 4.69) is 43.3 Å². The van der Waals surface area contributed by atoms with Gasteiger partial charge in [-0.05, 0) is 66.6 Å². The number of hydrogen-bond donors (Lipinski definition) is 0. The molecule has 4 fully saturated rings. The van der Waals surface area contributed by atoms with Crippen molar-refractivity contribution < 1.29 is 26.4 Å². The number of rotatable bonds is 7. The second-order valence-corrected chi connectivity index (χ2v) is 13.5. The molecular weight excluding hydrogens is 610 g/mol. The standard InChI is InChI=1S/C34H38Cl3N2O2.ClH/c1-24(39-15-12-26(13-16-39)20-30(39)19-25-6-3-2-4-7-25)34(28-10-11-31(36)32(37)22-28)23-38(14-17-41-34)33(40)21-27-8-5-9-29(35)18-27;/h2-11,18,22,24,26,30H,12-17,19-21,23H2,1H3;1H/q+1;/p-1. The van der Waals surface area contributed by atoms with Gasteiger partial charge in [0.15, 0.2) is 5.60 Å². The Morgan fingerprint density at radius 1 is 0.976 bits per heavy atom. The van der Waals surface area contributed by atoms with E-state index in [9.17, 15) is 4.79 Å². The van der Waals surface area contributed by atoms with E-state index in [0.717, 1.165) is 41.0 Å². The lowest BCUT2D eigenvalue weighted by atomic mass is 9.73. The van der Waals surface area contributed by atoms with Crippen LogP contribution >= 0.6 is 34.8 Å². The van der Waals surface area contributed by atoms with Crippen LogP contribution in [0.25, 0.3) is 0 Å². The van der Waals surface area contributed by atoms with Crippen molar-refractivity contribution in [1.82, 2.24) is 4.90 Å². The van der Waals surface area contributed by atoms with Crippen LogP contribution in [0.3, 0.4) is 0 Å². The highest BCUT2D eigenvalue weighted by Crippen LogP contribution is 2.48. The minimum atomic E-state index is -0.713. The van der Waals surface area contributed by atoms with Crippen LogP contribution in [0.15, 0.2) is 72.8 Å². The number of quaternary nitrogens is 1. The van der Waals surface area contributed by atoms with Crippen LogP contribution in [0.1, 0.15) is 42.9 Å². The Bertz CT molecular complexity index is 1400. The predicted octanol–water partition coefficient (Wildman–Crippen LogP) is 4.58. The normalized spacial score (nSPS) is 27.8. The number of morpholine rings is 1. The Balaban J connectivity index is 0.00000353. The number of ether oxygens (including phenoxy) is 1. The SMILES string of the molecule is CC(C1(c2ccc(Cl)c(Cl)c2)CN(C(=O)Cc2cccc(Cl)c2)CCO1)[N+]12CCC(CC1)CC2Cc1ccccc1.[Cl-]. The van der Waals surface area contributed by atoms with Gasteiger partial charge in [0, 0.05) is 24.4 Å². The largest absolute Gasteiger partial charge is 1.00 e. The van der Waals surface area contributed by atoms with Gasteiger partial charge < -0.3 is 26.5 Å². The zero-order chi connectivity index (χ0) is 28.6. The first-order chi connectivity index (χ1) is 19.8. The van der Waals surface area contributed by atoms with E-state index >= 15 is 0 Å². The molecule has 1 amide bonds. The molecule has 3 aromatic rings. The molecular formula is C34H38Cl4N2O2. The average Bonchev–Trinajstić information content (AvgIpc) is 2.99. The van der Waals surface area contributed by atoms with Crippen LogP contribution in [0.4, 0.5) is 0 Å². The molecule has 0 aromatic heterocycles. The maximum absolute atomic E-state index is 13.8. The molecule has 0 N–H and O–H groups in total. The lowest BCUT2D eigenvalue weighted by molar-refractivity contribution is -0.992. The molecule has 0 spiro atoms. The summed E-state index contributed by atoms with van der Waals surface area (Å²) in [6, 6.07) is 25.0.